The van der Waals surface area contributed by atoms with Crippen LogP contribution in [0.2, 0.25) is 0 Å². The Morgan fingerprint density at radius 1 is 1.17 bits per heavy atom. The van der Waals surface area contributed by atoms with Gasteiger partial charge in [0.2, 0.25) is 0 Å². The highest BCUT2D eigenvalue weighted by atomic mass is 16.6. The highest BCUT2D eigenvalue weighted by Crippen LogP contribution is 2.27. The first-order chi connectivity index (χ1) is 14.7. The minimum atomic E-state index is -0.220. The summed E-state index contributed by atoms with van der Waals surface area (Å²) in [5, 5.41) is 13.7. The second-order valence-electron chi connectivity index (χ2n) is 6.65. The molecule has 4 rings (SSSR count). The van der Waals surface area contributed by atoms with E-state index >= 15 is 0 Å². The monoisotopic (exact) mass is 406 g/mol. The summed E-state index contributed by atoms with van der Waals surface area (Å²) in [4.78, 5) is 21.5. The summed E-state index contributed by atoms with van der Waals surface area (Å²) in [6, 6.07) is 10.1. The topological polar surface area (TPSA) is 137 Å². The first kappa shape index (κ1) is 19.5. The molecule has 10 heteroatoms. The van der Waals surface area contributed by atoms with Gasteiger partial charge >= 0.3 is 0 Å². The number of aryl methyl sites for hydroxylation is 1. The average molecular weight is 406 g/mol. The van der Waals surface area contributed by atoms with E-state index in [0.717, 1.165) is 6.54 Å². The number of hydrogen-bond donors (Lipinski definition) is 3. The number of carbonyl (C=O) groups excluding carboxylic acids is 1. The van der Waals surface area contributed by atoms with Crippen LogP contribution in [0.3, 0.4) is 0 Å². The van der Waals surface area contributed by atoms with E-state index in [2.05, 4.69) is 43.0 Å². The van der Waals surface area contributed by atoms with Gasteiger partial charge in [0.1, 0.15) is 5.52 Å². The quantitative estimate of drug-likeness (QED) is 0.375. The molecule has 1 aromatic carbocycles. The Kier molecular flexibility index (Phi) is 5.66. The second kappa shape index (κ2) is 8.70. The second-order valence-corrected chi connectivity index (χ2v) is 6.65. The van der Waals surface area contributed by atoms with Crippen molar-refractivity contribution in [1.29, 1.82) is 0 Å². The van der Waals surface area contributed by atoms with E-state index in [-0.39, 0.29) is 11.7 Å². The van der Waals surface area contributed by atoms with Gasteiger partial charge in [0.05, 0.1) is 17.3 Å². The van der Waals surface area contributed by atoms with Crippen molar-refractivity contribution in [2.45, 2.75) is 20.0 Å². The summed E-state index contributed by atoms with van der Waals surface area (Å²) < 4.78 is 6.56. The lowest BCUT2D eigenvalue weighted by Gasteiger charge is -2.10. The summed E-state index contributed by atoms with van der Waals surface area (Å²) in [5.74, 6) is 0.406. The van der Waals surface area contributed by atoms with Gasteiger partial charge in [-0.1, -0.05) is 30.3 Å². The molecule has 0 aliphatic rings. The van der Waals surface area contributed by atoms with E-state index in [0.29, 0.717) is 47.7 Å². The largest absolute Gasteiger partial charge is 0.379 e. The number of pyridine rings is 1. The van der Waals surface area contributed by atoms with Crippen LogP contribution in [-0.4, -0.2) is 43.8 Å². The number of nitrogens with one attached hydrogen (secondary N) is 2. The molecule has 0 bridgehead atoms. The number of rotatable bonds is 8. The molecule has 0 spiro atoms. The standard InChI is InChI=1S/C20H22N8O2/c1-2-28-17-14(20(29)24-9-8-22-10-13-6-4-3-5-7-13)11-23-12-15(17)25-19(28)16-18(21)27-30-26-16/h3-7,11-12,22H,2,8-10H2,1H3,(H2,21,27)(H,24,29). The number of fused-ring (bicyclic) bond motifs is 1. The molecule has 0 unspecified atom stereocenters. The predicted octanol–water partition coefficient (Wildman–Crippen LogP) is 1.60. The zero-order chi connectivity index (χ0) is 20.9. The summed E-state index contributed by atoms with van der Waals surface area (Å²) in [6.07, 6.45) is 3.14. The molecule has 3 heterocycles. The van der Waals surface area contributed by atoms with Gasteiger partial charge in [-0.2, -0.15) is 0 Å². The van der Waals surface area contributed by atoms with E-state index in [1.165, 1.54) is 11.8 Å². The van der Waals surface area contributed by atoms with Gasteiger partial charge in [0.25, 0.3) is 5.91 Å². The highest BCUT2D eigenvalue weighted by Gasteiger charge is 2.22. The molecule has 0 aliphatic carbocycles. The van der Waals surface area contributed by atoms with Crippen LogP contribution >= 0.6 is 0 Å². The minimum absolute atomic E-state index is 0.142. The maximum atomic E-state index is 12.8. The van der Waals surface area contributed by atoms with Gasteiger partial charge in [0.15, 0.2) is 17.3 Å². The van der Waals surface area contributed by atoms with Gasteiger partial charge in [-0.05, 0) is 22.8 Å². The molecule has 30 heavy (non-hydrogen) atoms. The fraction of sp³-hybridized carbons (Fsp3) is 0.250. The van der Waals surface area contributed by atoms with Gasteiger partial charge in [-0.25, -0.2) is 9.61 Å². The van der Waals surface area contributed by atoms with Crippen molar-refractivity contribution >= 4 is 22.8 Å². The van der Waals surface area contributed by atoms with Crippen LogP contribution < -0.4 is 16.4 Å². The molecule has 4 N–H and O–H groups in total. The fourth-order valence-electron chi connectivity index (χ4n) is 3.28. The third kappa shape index (κ3) is 3.85. The Balaban J connectivity index is 1.49. The Bertz CT molecular complexity index is 1150. The van der Waals surface area contributed by atoms with E-state index in [1.54, 1.807) is 6.20 Å². The van der Waals surface area contributed by atoms with Crippen LogP contribution in [0, 0.1) is 0 Å². The van der Waals surface area contributed by atoms with Crippen molar-refractivity contribution in [2.24, 2.45) is 0 Å². The summed E-state index contributed by atoms with van der Waals surface area (Å²) >= 11 is 0. The summed E-state index contributed by atoms with van der Waals surface area (Å²) in [7, 11) is 0. The van der Waals surface area contributed by atoms with Gasteiger partial charge in [-0.15, -0.1) is 0 Å². The molecular formula is C20H22N8O2. The fourth-order valence-corrected chi connectivity index (χ4v) is 3.28. The first-order valence-corrected chi connectivity index (χ1v) is 9.64. The Morgan fingerprint density at radius 3 is 2.73 bits per heavy atom. The molecule has 10 nitrogen and oxygen atoms in total. The Morgan fingerprint density at radius 2 is 2.00 bits per heavy atom. The molecule has 4 aromatic rings. The number of benzene rings is 1. The maximum Gasteiger partial charge on any atom is 0.255 e. The van der Waals surface area contributed by atoms with E-state index in [4.69, 9.17) is 10.4 Å². The summed E-state index contributed by atoms with van der Waals surface area (Å²) in [5.41, 5.74) is 9.04. The number of nitrogens with zero attached hydrogens (tertiary/aromatic N) is 5. The molecule has 0 aliphatic heterocycles. The van der Waals surface area contributed by atoms with E-state index in [9.17, 15) is 4.79 Å². The Hall–Kier alpha value is -3.79. The zero-order valence-electron chi connectivity index (χ0n) is 16.5. The smallest absolute Gasteiger partial charge is 0.255 e. The van der Waals surface area contributed by atoms with Gasteiger partial charge in [0, 0.05) is 32.4 Å². The van der Waals surface area contributed by atoms with Crippen molar-refractivity contribution in [1.82, 2.24) is 35.5 Å². The van der Waals surface area contributed by atoms with Crippen molar-refractivity contribution in [3.63, 3.8) is 0 Å². The molecule has 0 saturated carbocycles. The van der Waals surface area contributed by atoms with Crippen molar-refractivity contribution in [3.05, 3.63) is 53.9 Å². The van der Waals surface area contributed by atoms with Crippen LogP contribution in [-0.2, 0) is 13.1 Å². The SMILES string of the molecule is CCn1c(-c2nonc2N)nc2cncc(C(=O)NCCNCc3ccccc3)c21. The lowest BCUT2D eigenvalue weighted by Crippen LogP contribution is -2.32. The van der Waals surface area contributed by atoms with Gasteiger partial charge < -0.3 is 20.9 Å². The van der Waals surface area contributed by atoms with Crippen LogP contribution in [0.4, 0.5) is 5.82 Å². The maximum absolute atomic E-state index is 12.8. The van der Waals surface area contributed by atoms with E-state index < -0.39 is 0 Å². The number of nitrogens with two attached hydrogens (primary N) is 1. The van der Waals surface area contributed by atoms with Crippen LogP contribution in [0.15, 0.2) is 47.4 Å². The van der Waals surface area contributed by atoms with Crippen molar-refractivity contribution in [3.8, 4) is 11.5 Å². The molecule has 0 fully saturated rings. The number of aromatic nitrogens is 5. The molecule has 0 saturated heterocycles. The predicted molar refractivity (Wildman–Crippen MR) is 111 cm³/mol. The average Bonchev–Trinajstić information content (AvgIpc) is 3.36. The lowest BCUT2D eigenvalue weighted by molar-refractivity contribution is 0.0955. The molecule has 154 valence electrons. The third-order valence-electron chi connectivity index (χ3n) is 4.70. The molecule has 0 atom stereocenters. The highest BCUT2D eigenvalue weighted by molar-refractivity contribution is 6.05. The number of anilines is 1. The van der Waals surface area contributed by atoms with Crippen LogP contribution in [0.25, 0.3) is 22.6 Å². The molecular weight excluding hydrogens is 384 g/mol. The first-order valence-electron chi connectivity index (χ1n) is 9.64. The third-order valence-corrected chi connectivity index (χ3v) is 4.70. The normalized spacial score (nSPS) is 11.1. The number of hydrogen-bond acceptors (Lipinski definition) is 8. The molecule has 0 radical (unpaired) electrons. The minimum Gasteiger partial charge on any atom is -0.379 e. The Labute approximate surface area is 172 Å². The summed E-state index contributed by atoms with van der Waals surface area (Å²) in [6.45, 7) is 4.37. The number of imidazole rings is 1. The van der Waals surface area contributed by atoms with Crippen molar-refractivity contribution in [2.75, 3.05) is 18.8 Å². The number of carbonyl (C=O) groups is 1. The number of amides is 1. The van der Waals surface area contributed by atoms with Crippen molar-refractivity contribution < 1.29 is 9.42 Å². The lowest BCUT2D eigenvalue weighted by atomic mass is 10.2. The molecule has 1 amide bonds. The zero-order valence-corrected chi connectivity index (χ0v) is 16.5. The van der Waals surface area contributed by atoms with E-state index in [1.807, 2.05) is 29.7 Å². The number of nitrogen functional groups attached to an aromatic ring is 1. The molecule has 3 aromatic heterocycles. The van der Waals surface area contributed by atoms with Gasteiger partial charge in [-0.3, -0.25) is 9.78 Å². The van der Waals surface area contributed by atoms with Crippen LogP contribution in [0.5, 0.6) is 0 Å². The van der Waals surface area contributed by atoms with Crippen LogP contribution in [0.1, 0.15) is 22.8 Å².